The number of aliphatic hydroxyl groups is 1. The zero-order chi connectivity index (χ0) is 17.4. The van der Waals surface area contributed by atoms with Crippen LogP contribution < -0.4 is 4.90 Å². The van der Waals surface area contributed by atoms with Crippen LogP contribution in [0.1, 0.15) is 18.3 Å². The maximum absolute atomic E-state index is 9.36. The van der Waals surface area contributed by atoms with Gasteiger partial charge in [0.15, 0.2) is 0 Å². The van der Waals surface area contributed by atoms with E-state index in [0.717, 1.165) is 38.9 Å². The Balaban J connectivity index is 1.68. The van der Waals surface area contributed by atoms with Crippen LogP contribution in [0.5, 0.6) is 0 Å². The van der Waals surface area contributed by atoms with E-state index in [4.69, 9.17) is 16.6 Å². The van der Waals surface area contributed by atoms with Gasteiger partial charge < -0.3 is 14.6 Å². The van der Waals surface area contributed by atoms with E-state index in [-0.39, 0.29) is 6.61 Å². The number of fused-ring (bicyclic) bond motifs is 1. The lowest BCUT2D eigenvalue weighted by atomic mass is 10.2. The summed E-state index contributed by atoms with van der Waals surface area (Å²) in [5, 5.41) is 10.1. The van der Waals surface area contributed by atoms with Gasteiger partial charge in [0.2, 0.25) is 0 Å². The highest BCUT2D eigenvalue weighted by Gasteiger charge is 2.19. The lowest BCUT2D eigenvalue weighted by Gasteiger charge is -2.27. The molecular weight excluding hydrogens is 334 g/mol. The van der Waals surface area contributed by atoms with Crippen LogP contribution in [0.15, 0.2) is 60.9 Å². The van der Waals surface area contributed by atoms with Gasteiger partial charge in [-0.1, -0.05) is 35.9 Å². The molecule has 1 N–H and O–H groups in total. The summed E-state index contributed by atoms with van der Waals surface area (Å²) in [6, 6.07) is 15.7. The minimum atomic E-state index is 0.0431. The molecule has 1 aliphatic heterocycles. The van der Waals surface area contributed by atoms with Gasteiger partial charge in [-0.3, -0.25) is 0 Å². The Morgan fingerprint density at radius 3 is 2.72 bits per heavy atom. The van der Waals surface area contributed by atoms with Crippen molar-refractivity contribution in [1.82, 2.24) is 9.55 Å². The Bertz CT molecular complexity index is 944. The molecular formula is C20H18ClN3O. The molecule has 0 spiro atoms. The highest BCUT2D eigenvalue weighted by Crippen LogP contribution is 2.29. The highest BCUT2D eigenvalue weighted by molar-refractivity contribution is 6.30. The molecule has 0 bridgehead atoms. The minimum absolute atomic E-state index is 0.0431. The van der Waals surface area contributed by atoms with Crippen LogP contribution in [0.3, 0.4) is 0 Å². The molecule has 0 amide bonds. The van der Waals surface area contributed by atoms with E-state index >= 15 is 0 Å². The molecule has 0 aliphatic carbocycles. The molecule has 0 saturated carbocycles. The summed E-state index contributed by atoms with van der Waals surface area (Å²) >= 11 is 5.98. The third kappa shape index (κ3) is 3.06. The maximum atomic E-state index is 9.36. The summed E-state index contributed by atoms with van der Waals surface area (Å²) in [4.78, 5) is 6.94. The van der Waals surface area contributed by atoms with Crippen LogP contribution in [0.4, 0.5) is 5.69 Å². The van der Waals surface area contributed by atoms with Crippen molar-refractivity contribution in [2.45, 2.75) is 20.2 Å². The van der Waals surface area contributed by atoms with Crippen LogP contribution in [0.2, 0.25) is 5.02 Å². The van der Waals surface area contributed by atoms with Crippen LogP contribution in [-0.2, 0) is 13.3 Å². The van der Waals surface area contributed by atoms with Crippen LogP contribution in [0.25, 0.3) is 16.8 Å². The third-order valence-corrected chi connectivity index (χ3v) is 4.60. The Hall–Kier alpha value is -2.56. The molecule has 4 nitrogen and oxygen atoms in total. The Morgan fingerprint density at radius 2 is 1.96 bits per heavy atom. The van der Waals surface area contributed by atoms with Gasteiger partial charge in [-0.15, -0.1) is 0 Å². The van der Waals surface area contributed by atoms with Crippen molar-refractivity contribution in [3.8, 4) is 11.3 Å². The van der Waals surface area contributed by atoms with Gasteiger partial charge in [-0.05, 0) is 36.8 Å². The number of anilines is 1. The van der Waals surface area contributed by atoms with Crippen LogP contribution in [-0.4, -0.2) is 14.7 Å². The summed E-state index contributed by atoms with van der Waals surface area (Å²) in [6.07, 6.45) is 4.17. The van der Waals surface area contributed by atoms with Crippen LogP contribution in [0, 0.1) is 0 Å². The van der Waals surface area contributed by atoms with E-state index in [2.05, 4.69) is 28.8 Å². The summed E-state index contributed by atoms with van der Waals surface area (Å²) in [6.45, 7) is 2.79. The second kappa shape index (κ2) is 6.39. The van der Waals surface area contributed by atoms with E-state index in [1.165, 1.54) is 0 Å². The van der Waals surface area contributed by atoms with E-state index in [1.807, 2.05) is 48.5 Å². The van der Waals surface area contributed by atoms with E-state index < -0.39 is 0 Å². The third-order valence-electron chi connectivity index (χ3n) is 4.35. The molecule has 2 heterocycles. The first kappa shape index (κ1) is 15.9. The first-order chi connectivity index (χ1) is 12.1. The van der Waals surface area contributed by atoms with Crippen LogP contribution >= 0.6 is 11.6 Å². The Morgan fingerprint density at radius 1 is 1.16 bits per heavy atom. The summed E-state index contributed by atoms with van der Waals surface area (Å²) < 4.78 is 2.14. The van der Waals surface area contributed by atoms with Gasteiger partial charge in [-0.25, -0.2) is 4.98 Å². The molecule has 2 aromatic carbocycles. The highest BCUT2D eigenvalue weighted by atomic mass is 35.5. The number of imidazole rings is 1. The molecule has 4 rings (SSSR count). The second-order valence-electron chi connectivity index (χ2n) is 6.18. The van der Waals surface area contributed by atoms with Gasteiger partial charge in [0.1, 0.15) is 12.5 Å². The predicted molar refractivity (Wildman–Crippen MR) is 101 cm³/mol. The fourth-order valence-electron chi connectivity index (χ4n) is 3.08. The van der Waals surface area contributed by atoms with Gasteiger partial charge in [0.25, 0.3) is 0 Å². The number of nitrogens with zero attached hydrogens (tertiary/aromatic N) is 3. The van der Waals surface area contributed by atoms with Crippen molar-refractivity contribution in [3.63, 3.8) is 0 Å². The second-order valence-corrected chi connectivity index (χ2v) is 6.61. The molecule has 126 valence electrons. The molecule has 0 atom stereocenters. The van der Waals surface area contributed by atoms with Crippen molar-refractivity contribution in [3.05, 3.63) is 77.3 Å². The summed E-state index contributed by atoms with van der Waals surface area (Å²) in [5.41, 5.74) is 5.04. The lowest BCUT2D eigenvalue weighted by molar-refractivity contribution is 0.282. The smallest absolute Gasteiger partial charge is 0.139 e. The predicted octanol–water partition coefficient (Wildman–Crippen LogP) is 4.53. The molecule has 3 aromatic rings. The topological polar surface area (TPSA) is 41.3 Å². The van der Waals surface area contributed by atoms with E-state index in [1.54, 1.807) is 0 Å². The van der Waals surface area contributed by atoms with Crippen molar-refractivity contribution in [2.75, 3.05) is 4.90 Å². The van der Waals surface area contributed by atoms with Gasteiger partial charge in [0, 0.05) is 34.2 Å². The monoisotopic (exact) mass is 351 g/mol. The number of hydrogen-bond donors (Lipinski definition) is 1. The zero-order valence-electron chi connectivity index (χ0n) is 13.9. The summed E-state index contributed by atoms with van der Waals surface area (Å²) in [7, 11) is 0. The molecule has 1 aliphatic rings. The number of allylic oxidation sites excluding steroid dienone is 1. The molecule has 0 unspecified atom stereocenters. The molecule has 0 radical (unpaired) electrons. The normalized spacial score (nSPS) is 13.6. The van der Waals surface area contributed by atoms with E-state index in [9.17, 15) is 5.11 Å². The number of rotatable bonds is 3. The first-order valence-electron chi connectivity index (χ1n) is 8.12. The first-order valence-corrected chi connectivity index (χ1v) is 8.50. The maximum Gasteiger partial charge on any atom is 0.139 e. The Labute approximate surface area is 151 Å². The van der Waals surface area contributed by atoms with Crippen molar-refractivity contribution >= 4 is 22.9 Å². The van der Waals surface area contributed by atoms with Crippen molar-refractivity contribution < 1.29 is 5.11 Å². The zero-order valence-corrected chi connectivity index (χ0v) is 14.6. The minimum Gasteiger partial charge on any atom is -0.392 e. The van der Waals surface area contributed by atoms with Gasteiger partial charge in [0.05, 0.1) is 12.3 Å². The van der Waals surface area contributed by atoms with E-state index in [0.29, 0.717) is 6.67 Å². The number of hydrogen-bond acceptors (Lipinski definition) is 3. The Kier molecular flexibility index (Phi) is 4.07. The summed E-state index contributed by atoms with van der Waals surface area (Å²) in [5.74, 6) is 0.972. The number of aliphatic hydroxyl groups excluding tert-OH is 1. The molecule has 0 saturated heterocycles. The lowest BCUT2D eigenvalue weighted by Crippen LogP contribution is -2.25. The average molecular weight is 352 g/mol. The quantitative estimate of drug-likeness (QED) is 0.753. The fraction of sp³-hybridized carbons (Fsp3) is 0.150. The van der Waals surface area contributed by atoms with Gasteiger partial charge in [-0.2, -0.15) is 0 Å². The average Bonchev–Trinajstić information content (AvgIpc) is 3.07. The van der Waals surface area contributed by atoms with Crippen molar-refractivity contribution in [2.24, 2.45) is 0 Å². The SMILES string of the molecule is CC1=CN(c2cccc(CO)c2)Cn2cc(-c3ccc(Cl)cc3)nc21. The van der Waals surface area contributed by atoms with Gasteiger partial charge >= 0.3 is 0 Å². The molecule has 25 heavy (non-hydrogen) atoms. The standard InChI is InChI=1S/C20H18ClN3O/c1-14-10-23(18-4-2-3-15(9-18)12-25)13-24-11-19(22-20(14)24)16-5-7-17(21)8-6-16/h2-11,25H,12-13H2,1H3. The van der Waals surface area contributed by atoms with Crippen molar-refractivity contribution in [1.29, 1.82) is 0 Å². The number of benzene rings is 2. The largest absolute Gasteiger partial charge is 0.392 e. The molecule has 5 heteroatoms. The number of aromatic nitrogens is 2. The molecule has 0 fully saturated rings. The molecule has 1 aromatic heterocycles. The fourth-order valence-corrected chi connectivity index (χ4v) is 3.21. The number of halogens is 1.